The van der Waals surface area contributed by atoms with Crippen molar-refractivity contribution in [2.75, 3.05) is 0 Å². The van der Waals surface area contributed by atoms with Crippen molar-refractivity contribution < 1.29 is 0 Å². The molecule has 0 fully saturated rings. The molecular formula is C17H24N2. The van der Waals surface area contributed by atoms with Crippen LogP contribution in [0.15, 0.2) is 30.7 Å². The van der Waals surface area contributed by atoms with E-state index in [0.717, 1.165) is 5.69 Å². The van der Waals surface area contributed by atoms with Crippen molar-refractivity contribution in [3.8, 4) is 0 Å². The van der Waals surface area contributed by atoms with Crippen molar-refractivity contribution >= 4 is 0 Å². The first-order chi connectivity index (χ1) is 8.80. The fraction of sp³-hybridized carbons (Fsp3) is 0.471. The van der Waals surface area contributed by atoms with Crippen LogP contribution in [0.4, 0.5) is 0 Å². The molecule has 0 aliphatic carbocycles. The molecule has 2 heteroatoms. The van der Waals surface area contributed by atoms with Gasteiger partial charge in [0.25, 0.3) is 0 Å². The molecule has 1 heterocycles. The zero-order valence-corrected chi connectivity index (χ0v) is 12.9. The maximum Gasteiger partial charge on any atom is 0.0954 e. The van der Waals surface area contributed by atoms with Crippen molar-refractivity contribution in [1.29, 1.82) is 0 Å². The monoisotopic (exact) mass is 256 g/mol. The Morgan fingerprint density at radius 3 is 2.42 bits per heavy atom. The molecule has 2 aromatic rings. The van der Waals surface area contributed by atoms with Crippen LogP contribution >= 0.6 is 0 Å². The lowest BCUT2D eigenvalue weighted by Gasteiger charge is -2.20. The SMILES string of the molecule is Cc1cccc(C(C)c2cn(C(C)(C)C)cn2)c1C. The molecule has 102 valence electrons. The van der Waals surface area contributed by atoms with Gasteiger partial charge in [-0.05, 0) is 51.3 Å². The van der Waals surface area contributed by atoms with Gasteiger partial charge in [0.2, 0.25) is 0 Å². The molecule has 19 heavy (non-hydrogen) atoms. The topological polar surface area (TPSA) is 17.8 Å². The van der Waals surface area contributed by atoms with E-state index in [-0.39, 0.29) is 5.54 Å². The molecule has 0 spiro atoms. The van der Waals surface area contributed by atoms with E-state index in [4.69, 9.17) is 0 Å². The Kier molecular flexibility index (Phi) is 3.53. The minimum atomic E-state index is 0.0899. The maximum absolute atomic E-state index is 4.59. The summed E-state index contributed by atoms with van der Waals surface area (Å²) in [6.45, 7) is 13.2. The summed E-state index contributed by atoms with van der Waals surface area (Å²) in [5.74, 6) is 0.337. The van der Waals surface area contributed by atoms with Crippen LogP contribution in [-0.4, -0.2) is 9.55 Å². The van der Waals surface area contributed by atoms with Crippen LogP contribution in [0.2, 0.25) is 0 Å². The van der Waals surface area contributed by atoms with E-state index < -0.39 is 0 Å². The third kappa shape index (κ3) is 2.73. The van der Waals surface area contributed by atoms with Gasteiger partial charge < -0.3 is 4.57 Å². The third-order valence-corrected chi connectivity index (χ3v) is 3.93. The molecule has 0 radical (unpaired) electrons. The predicted molar refractivity (Wildman–Crippen MR) is 80.7 cm³/mol. The summed E-state index contributed by atoms with van der Waals surface area (Å²) in [5.41, 5.74) is 5.33. The number of aromatic nitrogens is 2. The molecule has 0 saturated carbocycles. The number of imidazole rings is 1. The van der Waals surface area contributed by atoms with Crippen molar-refractivity contribution in [2.45, 2.75) is 53.0 Å². The standard InChI is InChI=1S/C17H24N2/c1-12-8-7-9-15(13(12)2)14(3)16-10-19(11-18-16)17(4,5)6/h7-11,14H,1-6H3. The predicted octanol–water partition coefficient (Wildman–Crippen LogP) is 4.41. The molecule has 1 aromatic heterocycles. The molecule has 0 aliphatic rings. The van der Waals surface area contributed by atoms with E-state index in [1.807, 2.05) is 6.33 Å². The molecule has 1 aromatic carbocycles. The van der Waals surface area contributed by atoms with E-state index in [1.165, 1.54) is 16.7 Å². The summed E-state index contributed by atoms with van der Waals surface area (Å²) >= 11 is 0. The summed E-state index contributed by atoms with van der Waals surface area (Å²) in [6.07, 6.45) is 4.11. The molecule has 1 atom stereocenters. The van der Waals surface area contributed by atoms with Crippen LogP contribution in [0.5, 0.6) is 0 Å². The number of aryl methyl sites for hydroxylation is 1. The Bertz CT molecular complexity index is 573. The van der Waals surface area contributed by atoms with Gasteiger partial charge in [-0.25, -0.2) is 4.98 Å². The summed E-state index contributed by atoms with van der Waals surface area (Å²) in [4.78, 5) is 4.59. The van der Waals surface area contributed by atoms with Gasteiger partial charge in [-0.15, -0.1) is 0 Å². The summed E-state index contributed by atoms with van der Waals surface area (Å²) in [5, 5.41) is 0. The van der Waals surface area contributed by atoms with Crippen molar-refractivity contribution in [3.05, 3.63) is 53.1 Å². The van der Waals surface area contributed by atoms with E-state index in [9.17, 15) is 0 Å². The molecule has 0 saturated heterocycles. The number of nitrogens with zero attached hydrogens (tertiary/aromatic N) is 2. The van der Waals surface area contributed by atoms with E-state index >= 15 is 0 Å². The Morgan fingerprint density at radius 2 is 1.84 bits per heavy atom. The van der Waals surface area contributed by atoms with Gasteiger partial charge >= 0.3 is 0 Å². The third-order valence-electron chi connectivity index (χ3n) is 3.93. The average Bonchev–Trinajstić information content (AvgIpc) is 2.81. The molecule has 0 N–H and O–H groups in total. The Labute approximate surface area is 116 Å². The number of rotatable bonds is 2. The molecule has 2 nitrogen and oxygen atoms in total. The fourth-order valence-corrected chi connectivity index (χ4v) is 2.33. The maximum atomic E-state index is 4.59. The zero-order chi connectivity index (χ0) is 14.2. The van der Waals surface area contributed by atoms with Gasteiger partial charge in [0, 0.05) is 17.7 Å². The number of hydrogen-bond acceptors (Lipinski definition) is 1. The zero-order valence-electron chi connectivity index (χ0n) is 12.9. The first-order valence-corrected chi connectivity index (χ1v) is 6.91. The van der Waals surface area contributed by atoms with Crippen LogP contribution in [0.1, 0.15) is 56.0 Å². The Hall–Kier alpha value is -1.57. The highest BCUT2D eigenvalue weighted by atomic mass is 15.1. The molecule has 0 amide bonds. The number of hydrogen-bond donors (Lipinski definition) is 0. The van der Waals surface area contributed by atoms with E-state index in [0.29, 0.717) is 5.92 Å². The van der Waals surface area contributed by atoms with Crippen LogP contribution in [0.25, 0.3) is 0 Å². The van der Waals surface area contributed by atoms with Gasteiger partial charge in [-0.1, -0.05) is 25.1 Å². The molecule has 1 unspecified atom stereocenters. The normalized spacial score (nSPS) is 13.6. The lowest BCUT2D eigenvalue weighted by molar-refractivity contribution is 0.396. The highest BCUT2D eigenvalue weighted by molar-refractivity contribution is 5.38. The largest absolute Gasteiger partial charge is 0.332 e. The summed E-state index contributed by atoms with van der Waals surface area (Å²) in [6, 6.07) is 6.51. The summed E-state index contributed by atoms with van der Waals surface area (Å²) in [7, 11) is 0. The van der Waals surface area contributed by atoms with Gasteiger partial charge in [-0.2, -0.15) is 0 Å². The molecule has 0 aliphatic heterocycles. The second kappa shape index (κ2) is 4.84. The average molecular weight is 256 g/mol. The van der Waals surface area contributed by atoms with Crippen LogP contribution in [-0.2, 0) is 5.54 Å². The molecule has 0 bridgehead atoms. The van der Waals surface area contributed by atoms with Gasteiger partial charge in [0.15, 0.2) is 0 Å². The highest BCUT2D eigenvalue weighted by Gasteiger charge is 2.18. The lowest BCUT2D eigenvalue weighted by atomic mass is 9.92. The highest BCUT2D eigenvalue weighted by Crippen LogP contribution is 2.28. The minimum absolute atomic E-state index is 0.0899. The lowest BCUT2D eigenvalue weighted by Crippen LogP contribution is -2.19. The second-order valence-corrected chi connectivity index (χ2v) is 6.39. The Morgan fingerprint density at radius 1 is 1.16 bits per heavy atom. The quantitative estimate of drug-likeness (QED) is 0.778. The smallest absolute Gasteiger partial charge is 0.0954 e. The molecular weight excluding hydrogens is 232 g/mol. The fourth-order valence-electron chi connectivity index (χ4n) is 2.33. The molecule has 2 rings (SSSR count). The van der Waals surface area contributed by atoms with Crippen molar-refractivity contribution in [3.63, 3.8) is 0 Å². The van der Waals surface area contributed by atoms with Crippen LogP contribution < -0.4 is 0 Å². The van der Waals surface area contributed by atoms with Crippen molar-refractivity contribution in [1.82, 2.24) is 9.55 Å². The van der Waals surface area contributed by atoms with Gasteiger partial charge in [0.05, 0.1) is 12.0 Å². The van der Waals surface area contributed by atoms with E-state index in [1.54, 1.807) is 0 Å². The summed E-state index contributed by atoms with van der Waals surface area (Å²) < 4.78 is 2.18. The van der Waals surface area contributed by atoms with Gasteiger partial charge in [0.1, 0.15) is 0 Å². The van der Waals surface area contributed by atoms with Gasteiger partial charge in [-0.3, -0.25) is 0 Å². The minimum Gasteiger partial charge on any atom is -0.332 e. The number of benzene rings is 1. The Balaban J connectivity index is 2.37. The van der Waals surface area contributed by atoms with Crippen molar-refractivity contribution in [2.24, 2.45) is 0 Å². The first kappa shape index (κ1) is 13.9. The van der Waals surface area contributed by atoms with Crippen LogP contribution in [0.3, 0.4) is 0 Å². The second-order valence-electron chi connectivity index (χ2n) is 6.39. The van der Waals surface area contributed by atoms with E-state index in [2.05, 4.69) is 75.5 Å². The first-order valence-electron chi connectivity index (χ1n) is 6.91. The van der Waals surface area contributed by atoms with Crippen LogP contribution in [0, 0.1) is 13.8 Å².